The number of nitrogens with one attached hydrogen (secondary N) is 1. The van der Waals surface area contributed by atoms with Crippen LogP contribution in [0.3, 0.4) is 0 Å². The maximum Gasteiger partial charge on any atom is 0.222 e. The molecule has 2 rings (SSSR count). The van der Waals surface area contributed by atoms with E-state index in [1.54, 1.807) is 17.0 Å². The summed E-state index contributed by atoms with van der Waals surface area (Å²) in [5.74, 6) is -0.234. The molecule has 0 bridgehead atoms. The van der Waals surface area contributed by atoms with E-state index in [0.29, 0.717) is 38.9 Å². The van der Waals surface area contributed by atoms with E-state index >= 15 is 0 Å². The number of aryl methyl sites for hydroxylation is 1. The molecular formula is C14H17FN2O2. The first kappa shape index (κ1) is 13.5. The largest absolute Gasteiger partial charge is 0.354 e. The Labute approximate surface area is 111 Å². The molecule has 1 aromatic carbocycles. The molecule has 0 radical (unpaired) electrons. The average Bonchev–Trinajstić information content (AvgIpc) is 2.63. The van der Waals surface area contributed by atoms with Gasteiger partial charge in [-0.1, -0.05) is 12.1 Å². The predicted molar refractivity (Wildman–Crippen MR) is 68.9 cm³/mol. The molecule has 5 heteroatoms. The van der Waals surface area contributed by atoms with Crippen LogP contribution in [-0.4, -0.2) is 36.3 Å². The third-order valence-electron chi connectivity index (χ3n) is 3.21. The van der Waals surface area contributed by atoms with Crippen molar-refractivity contribution in [1.82, 2.24) is 10.2 Å². The van der Waals surface area contributed by atoms with Gasteiger partial charge < -0.3 is 10.2 Å². The molecule has 1 aromatic rings. The summed E-state index contributed by atoms with van der Waals surface area (Å²) in [5.41, 5.74) is 0.943. The van der Waals surface area contributed by atoms with E-state index in [9.17, 15) is 14.0 Å². The molecule has 0 aliphatic carbocycles. The first-order chi connectivity index (χ1) is 9.15. The second kappa shape index (κ2) is 6.31. The topological polar surface area (TPSA) is 49.4 Å². The molecular weight excluding hydrogens is 247 g/mol. The van der Waals surface area contributed by atoms with Crippen LogP contribution in [0.4, 0.5) is 4.39 Å². The standard InChI is InChI=1S/C14H17FN2O2/c15-12-4-1-11(2-5-12)3-6-14(19)17-9-7-13(18)16-8-10-17/h1-2,4-5H,3,6-10H2,(H,16,18). The lowest BCUT2D eigenvalue weighted by atomic mass is 10.1. The Morgan fingerprint density at radius 2 is 2.00 bits per heavy atom. The van der Waals surface area contributed by atoms with Crippen LogP contribution < -0.4 is 5.32 Å². The molecule has 4 nitrogen and oxygen atoms in total. The summed E-state index contributed by atoms with van der Waals surface area (Å²) in [5, 5.41) is 2.73. The fraction of sp³-hybridized carbons (Fsp3) is 0.429. The molecule has 0 unspecified atom stereocenters. The van der Waals surface area contributed by atoms with Gasteiger partial charge in [0, 0.05) is 32.5 Å². The minimum Gasteiger partial charge on any atom is -0.354 e. The van der Waals surface area contributed by atoms with Crippen LogP contribution in [0, 0.1) is 5.82 Å². The fourth-order valence-corrected chi connectivity index (χ4v) is 2.08. The predicted octanol–water partition coefficient (Wildman–Crippen LogP) is 1.11. The summed E-state index contributed by atoms with van der Waals surface area (Å²) in [7, 11) is 0. The van der Waals surface area contributed by atoms with Crippen molar-refractivity contribution < 1.29 is 14.0 Å². The number of halogens is 1. The lowest BCUT2D eigenvalue weighted by molar-refractivity contribution is -0.131. The number of rotatable bonds is 3. The van der Waals surface area contributed by atoms with Crippen LogP contribution in [0.2, 0.25) is 0 Å². The zero-order valence-corrected chi connectivity index (χ0v) is 10.7. The van der Waals surface area contributed by atoms with Crippen molar-refractivity contribution in [3.8, 4) is 0 Å². The van der Waals surface area contributed by atoms with Crippen molar-refractivity contribution in [2.45, 2.75) is 19.3 Å². The van der Waals surface area contributed by atoms with Gasteiger partial charge in [-0.25, -0.2) is 4.39 Å². The third-order valence-corrected chi connectivity index (χ3v) is 3.21. The molecule has 2 amide bonds. The highest BCUT2D eigenvalue weighted by atomic mass is 19.1. The molecule has 1 aliphatic rings. The zero-order valence-electron chi connectivity index (χ0n) is 10.7. The van der Waals surface area contributed by atoms with Gasteiger partial charge in [0.05, 0.1) is 0 Å². The SMILES string of the molecule is O=C1CCN(C(=O)CCc2ccc(F)cc2)CCN1. The Kier molecular flexibility index (Phi) is 4.49. The van der Waals surface area contributed by atoms with E-state index in [4.69, 9.17) is 0 Å². The van der Waals surface area contributed by atoms with Gasteiger partial charge in [-0.15, -0.1) is 0 Å². The molecule has 1 fully saturated rings. The maximum atomic E-state index is 12.7. The van der Waals surface area contributed by atoms with Crippen molar-refractivity contribution in [2.24, 2.45) is 0 Å². The lowest BCUT2D eigenvalue weighted by Crippen LogP contribution is -2.34. The van der Waals surface area contributed by atoms with Crippen LogP contribution >= 0.6 is 0 Å². The van der Waals surface area contributed by atoms with E-state index in [1.807, 2.05) is 0 Å². The van der Waals surface area contributed by atoms with E-state index < -0.39 is 0 Å². The molecule has 0 atom stereocenters. The highest BCUT2D eigenvalue weighted by Crippen LogP contribution is 2.08. The van der Waals surface area contributed by atoms with Crippen LogP contribution in [0.1, 0.15) is 18.4 Å². The number of hydrogen-bond acceptors (Lipinski definition) is 2. The Balaban J connectivity index is 1.83. The number of hydrogen-bond donors (Lipinski definition) is 1. The Morgan fingerprint density at radius 3 is 2.74 bits per heavy atom. The summed E-state index contributed by atoms with van der Waals surface area (Å²) in [6.45, 7) is 1.56. The Bertz CT molecular complexity index is 459. The van der Waals surface area contributed by atoms with Gasteiger partial charge in [0.15, 0.2) is 0 Å². The second-order valence-electron chi connectivity index (χ2n) is 4.61. The third kappa shape index (κ3) is 4.05. The van der Waals surface area contributed by atoms with Crippen molar-refractivity contribution >= 4 is 11.8 Å². The summed E-state index contributed by atoms with van der Waals surface area (Å²) in [6.07, 6.45) is 1.35. The first-order valence-electron chi connectivity index (χ1n) is 6.44. The summed E-state index contributed by atoms with van der Waals surface area (Å²) < 4.78 is 12.7. The molecule has 19 heavy (non-hydrogen) atoms. The summed E-state index contributed by atoms with van der Waals surface area (Å²) >= 11 is 0. The quantitative estimate of drug-likeness (QED) is 0.889. The highest BCUT2D eigenvalue weighted by Gasteiger charge is 2.17. The maximum absolute atomic E-state index is 12.7. The lowest BCUT2D eigenvalue weighted by Gasteiger charge is -2.19. The van der Waals surface area contributed by atoms with Crippen molar-refractivity contribution in [3.63, 3.8) is 0 Å². The van der Waals surface area contributed by atoms with Gasteiger partial charge in [-0.3, -0.25) is 9.59 Å². The molecule has 0 spiro atoms. The number of amides is 2. The Hall–Kier alpha value is -1.91. The Morgan fingerprint density at radius 1 is 1.26 bits per heavy atom. The monoisotopic (exact) mass is 264 g/mol. The van der Waals surface area contributed by atoms with E-state index in [1.165, 1.54) is 12.1 Å². The van der Waals surface area contributed by atoms with Gasteiger partial charge in [0.2, 0.25) is 11.8 Å². The molecule has 102 valence electrons. The summed E-state index contributed by atoms with van der Waals surface area (Å²) in [4.78, 5) is 24.9. The number of carbonyl (C=O) groups is 2. The second-order valence-corrected chi connectivity index (χ2v) is 4.61. The van der Waals surface area contributed by atoms with Gasteiger partial charge in [0.25, 0.3) is 0 Å². The van der Waals surface area contributed by atoms with Crippen LogP contribution in [0.15, 0.2) is 24.3 Å². The first-order valence-corrected chi connectivity index (χ1v) is 6.44. The van der Waals surface area contributed by atoms with Crippen LogP contribution in [0.25, 0.3) is 0 Å². The minimum absolute atomic E-state index is 0.00571. The fourth-order valence-electron chi connectivity index (χ4n) is 2.08. The van der Waals surface area contributed by atoms with E-state index in [-0.39, 0.29) is 17.6 Å². The summed E-state index contributed by atoms with van der Waals surface area (Å²) in [6, 6.07) is 6.18. The molecule has 0 aromatic heterocycles. The number of carbonyl (C=O) groups excluding carboxylic acids is 2. The van der Waals surface area contributed by atoms with Crippen molar-refractivity contribution in [2.75, 3.05) is 19.6 Å². The van der Waals surface area contributed by atoms with Crippen LogP contribution in [0.5, 0.6) is 0 Å². The van der Waals surface area contributed by atoms with Crippen molar-refractivity contribution in [3.05, 3.63) is 35.6 Å². The van der Waals surface area contributed by atoms with Crippen molar-refractivity contribution in [1.29, 1.82) is 0 Å². The minimum atomic E-state index is -0.271. The normalized spacial score (nSPS) is 15.8. The molecule has 0 saturated carbocycles. The van der Waals surface area contributed by atoms with E-state index in [2.05, 4.69) is 5.32 Å². The molecule has 1 saturated heterocycles. The van der Waals surface area contributed by atoms with Crippen LogP contribution in [-0.2, 0) is 16.0 Å². The zero-order chi connectivity index (χ0) is 13.7. The molecule has 1 N–H and O–H groups in total. The van der Waals surface area contributed by atoms with Gasteiger partial charge in [-0.05, 0) is 24.1 Å². The number of benzene rings is 1. The van der Waals surface area contributed by atoms with Gasteiger partial charge in [-0.2, -0.15) is 0 Å². The van der Waals surface area contributed by atoms with E-state index in [0.717, 1.165) is 5.56 Å². The van der Waals surface area contributed by atoms with Gasteiger partial charge in [0.1, 0.15) is 5.82 Å². The number of nitrogens with zero attached hydrogens (tertiary/aromatic N) is 1. The smallest absolute Gasteiger partial charge is 0.222 e. The molecule has 1 aliphatic heterocycles. The molecule has 1 heterocycles. The highest BCUT2D eigenvalue weighted by molar-refractivity contribution is 5.80. The average molecular weight is 264 g/mol. The van der Waals surface area contributed by atoms with Gasteiger partial charge >= 0.3 is 0 Å².